The smallest absolute Gasteiger partial charge is 0.160 e. The summed E-state index contributed by atoms with van der Waals surface area (Å²) in [6.45, 7) is 4.75. The van der Waals surface area contributed by atoms with Crippen LogP contribution in [0.4, 0.5) is 0 Å². The van der Waals surface area contributed by atoms with Crippen molar-refractivity contribution < 1.29 is 0 Å². The summed E-state index contributed by atoms with van der Waals surface area (Å²) in [5.74, 6) is 0.687. The Balaban J connectivity index is 1.16. The summed E-state index contributed by atoms with van der Waals surface area (Å²) in [5, 5.41) is 0. The molecule has 2 aromatic heterocycles. The molecule has 274 valence electrons. The summed E-state index contributed by atoms with van der Waals surface area (Å²) in [7, 11) is 0. The van der Waals surface area contributed by atoms with Crippen LogP contribution in [-0.4, -0.2) is 15.0 Å². The molecule has 0 fully saturated rings. The van der Waals surface area contributed by atoms with Gasteiger partial charge in [-0.25, -0.2) is 9.97 Å². The van der Waals surface area contributed by atoms with E-state index in [1.165, 1.54) is 50.1 Å². The molecule has 3 heteroatoms. The molecule has 1 spiro atoms. The first-order chi connectivity index (χ1) is 28.5. The summed E-state index contributed by atoms with van der Waals surface area (Å²) in [6, 6.07) is 70.0. The SMILES string of the molecule is CC1(C)c2ccccc2C2(c3ccccc3-c3c(-c4ccccc4-c4cc(-c5cccc(-c6ccccn6)c5)nc(-c5ccccc5)n4)cccc32)c2ccccc21. The number of benzene rings is 7. The molecule has 3 nitrogen and oxygen atoms in total. The topological polar surface area (TPSA) is 38.7 Å². The molecule has 2 aliphatic carbocycles. The summed E-state index contributed by atoms with van der Waals surface area (Å²) < 4.78 is 0. The number of nitrogens with zero attached hydrogens (tertiary/aromatic N) is 3. The van der Waals surface area contributed by atoms with Crippen LogP contribution in [0.25, 0.3) is 67.4 Å². The van der Waals surface area contributed by atoms with Gasteiger partial charge in [-0.15, -0.1) is 0 Å². The highest BCUT2D eigenvalue weighted by Crippen LogP contribution is 2.63. The van der Waals surface area contributed by atoms with Gasteiger partial charge < -0.3 is 0 Å². The van der Waals surface area contributed by atoms with Crippen LogP contribution in [0.2, 0.25) is 0 Å². The maximum Gasteiger partial charge on any atom is 0.160 e. The van der Waals surface area contributed by atoms with E-state index in [9.17, 15) is 0 Å². The lowest BCUT2D eigenvalue weighted by molar-refractivity contribution is 0.563. The minimum Gasteiger partial charge on any atom is -0.256 e. The summed E-state index contributed by atoms with van der Waals surface area (Å²) in [4.78, 5) is 15.2. The first-order valence-electron chi connectivity index (χ1n) is 20.0. The van der Waals surface area contributed by atoms with Crippen LogP contribution in [0.3, 0.4) is 0 Å². The maximum atomic E-state index is 5.34. The molecule has 0 amide bonds. The highest BCUT2D eigenvalue weighted by Gasteiger charge is 2.53. The normalized spacial score (nSPS) is 14.0. The fraction of sp³-hybridized carbons (Fsp3) is 0.0727. The van der Waals surface area contributed by atoms with Gasteiger partial charge in [-0.2, -0.15) is 0 Å². The Bertz CT molecular complexity index is 2990. The van der Waals surface area contributed by atoms with Crippen LogP contribution in [-0.2, 0) is 10.8 Å². The molecular weight excluding hydrogens is 703 g/mol. The monoisotopic (exact) mass is 741 g/mol. The lowest BCUT2D eigenvalue weighted by Gasteiger charge is -2.46. The third kappa shape index (κ3) is 5.03. The van der Waals surface area contributed by atoms with E-state index in [0.717, 1.165) is 44.9 Å². The van der Waals surface area contributed by atoms with Crippen molar-refractivity contribution in [3.8, 4) is 67.4 Å². The van der Waals surface area contributed by atoms with Gasteiger partial charge in [0.05, 0.1) is 22.5 Å². The molecule has 0 radical (unpaired) electrons. The van der Waals surface area contributed by atoms with Crippen molar-refractivity contribution in [2.75, 3.05) is 0 Å². The van der Waals surface area contributed by atoms with Crippen molar-refractivity contribution in [3.63, 3.8) is 0 Å². The predicted octanol–water partition coefficient (Wildman–Crippen LogP) is 13.2. The highest BCUT2D eigenvalue weighted by molar-refractivity contribution is 5.99. The third-order valence-electron chi connectivity index (χ3n) is 12.4. The van der Waals surface area contributed by atoms with E-state index >= 15 is 0 Å². The number of rotatable bonds is 5. The summed E-state index contributed by atoms with van der Waals surface area (Å²) in [5.41, 5.74) is 19.1. The van der Waals surface area contributed by atoms with Gasteiger partial charge in [0.2, 0.25) is 0 Å². The summed E-state index contributed by atoms with van der Waals surface area (Å²) >= 11 is 0. The van der Waals surface area contributed by atoms with Gasteiger partial charge in [-0.1, -0.05) is 184 Å². The van der Waals surface area contributed by atoms with E-state index < -0.39 is 5.41 Å². The van der Waals surface area contributed by atoms with E-state index in [1.54, 1.807) is 0 Å². The molecule has 0 aliphatic heterocycles. The lowest BCUT2D eigenvalue weighted by Crippen LogP contribution is -2.40. The average molecular weight is 742 g/mol. The quantitative estimate of drug-likeness (QED) is 0.176. The minimum atomic E-state index is -0.471. The van der Waals surface area contributed by atoms with Crippen LogP contribution >= 0.6 is 0 Å². The third-order valence-corrected chi connectivity index (χ3v) is 12.4. The molecule has 58 heavy (non-hydrogen) atoms. The Hall–Kier alpha value is -7.23. The van der Waals surface area contributed by atoms with Gasteiger partial charge in [0.1, 0.15) is 0 Å². The maximum absolute atomic E-state index is 5.34. The standard InChI is InChI=1S/C55H39N3/c1-54(2)44-27-10-12-29-46(44)55(47-30-13-11-28-45(47)54)43-26-9-8-24-42(43)52-41(25-17-31-48(52)55)39-22-6-7-23-40(39)51-35-50(57-53(58-51)36-18-4-3-5-19-36)38-21-16-20-37(34-38)49-32-14-15-33-56-49/h3-35H,1-2H3. The molecule has 0 N–H and O–H groups in total. The van der Waals surface area contributed by atoms with Gasteiger partial charge in [0.25, 0.3) is 0 Å². The molecule has 0 atom stereocenters. The zero-order valence-corrected chi connectivity index (χ0v) is 32.4. The Kier molecular flexibility index (Phi) is 7.74. The average Bonchev–Trinajstić information content (AvgIpc) is 3.60. The largest absolute Gasteiger partial charge is 0.256 e. The number of fused-ring (bicyclic) bond motifs is 9. The molecule has 2 aliphatic rings. The molecular formula is C55H39N3. The van der Waals surface area contributed by atoms with E-state index in [-0.39, 0.29) is 5.41 Å². The molecule has 0 bridgehead atoms. The number of aromatic nitrogens is 3. The van der Waals surface area contributed by atoms with Crippen LogP contribution in [0, 0.1) is 0 Å². The van der Waals surface area contributed by atoms with E-state index in [2.05, 4.69) is 177 Å². The molecule has 11 rings (SSSR count). The molecule has 2 heterocycles. The van der Waals surface area contributed by atoms with Crippen LogP contribution in [0.5, 0.6) is 0 Å². The van der Waals surface area contributed by atoms with Crippen molar-refractivity contribution >= 4 is 0 Å². The van der Waals surface area contributed by atoms with Crippen molar-refractivity contribution in [1.29, 1.82) is 0 Å². The number of pyridine rings is 1. The Morgan fingerprint density at radius 1 is 0.345 bits per heavy atom. The molecule has 0 saturated heterocycles. The van der Waals surface area contributed by atoms with E-state index in [1.807, 2.05) is 42.6 Å². The van der Waals surface area contributed by atoms with Crippen molar-refractivity contribution in [3.05, 3.63) is 234 Å². The zero-order chi connectivity index (χ0) is 38.8. The number of hydrogen-bond donors (Lipinski definition) is 0. The first-order valence-corrected chi connectivity index (χ1v) is 20.0. The predicted molar refractivity (Wildman–Crippen MR) is 236 cm³/mol. The fourth-order valence-electron chi connectivity index (χ4n) is 9.90. The van der Waals surface area contributed by atoms with Crippen molar-refractivity contribution in [2.45, 2.75) is 24.7 Å². The van der Waals surface area contributed by atoms with E-state index in [0.29, 0.717) is 5.82 Å². The van der Waals surface area contributed by atoms with Gasteiger partial charge >= 0.3 is 0 Å². The zero-order valence-electron chi connectivity index (χ0n) is 32.4. The van der Waals surface area contributed by atoms with Gasteiger partial charge in [0, 0.05) is 33.9 Å². The fourth-order valence-corrected chi connectivity index (χ4v) is 9.90. The van der Waals surface area contributed by atoms with Gasteiger partial charge in [-0.3, -0.25) is 4.98 Å². The molecule has 0 unspecified atom stereocenters. The summed E-state index contributed by atoms with van der Waals surface area (Å²) in [6.07, 6.45) is 1.84. The van der Waals surface area contributed by atoms with Crippen molar-refractivity contribution in [1.82, 2.24) is 15.0 Å². The Morgan fingerprint density at radius 3 is 1.57 bits per heavy atom. The lowest BCUT2D eigenvalue weighted by atomic mass is 9.55. The van der Waals surface area contributed by atoms with Crippen LogP contribution < -0.4 is 0 Å². The van der Waals surface area contributed by atoms with Crippen LogP contribution in [0.1, 0.15) is 47.2 Å². The second kappa shape index (κ2) is 13.2. The van der Waals surface area contributed by atoms with Gasteiger partial charge in [-0.05, 0) is 79.9 Å². The van der Waals surface area contributed by atoms with Gasteiger partial charge in [0.15, 0.2) is 5.82 Å². The minimum absolute atomic E-state index is 0.154. The second-order valence-electron chi connectivity index (χ2n) is 15.9. The van der Waals surface area contributed by atoms with Crippen molar-refractivity contribution in [2.24, 2.45) is 0 Å². The first kappa shape index (κ1) is 34.1. The molecule has 0 saturated carbocycles. The Labute approximate surface area is 339 Å². The second-order valence-corrected chi connectivity index (χ2v) is 15.9. The van der Waals surface area contributed by atoms with E-state index in [4.69, 9.17) is 9.97 Å². The molecule has 9 aromatic rings. The number of hydrogen-bond acceptors (Lipinski definition) is 3. The highest BCUT2D eigenvalue weighted by atomic mass is 14.9. The molecule has 7 aromatic carbocycles. The van der Waals surface area contributed by atoms with Crippen LogP contribution in [0.15, 0.2) is 200 Å². The Morgan fingerprint density at radius 2 is 0.862 bits per heavy atom.